The minimum atomic E-state index is -1.67. The Bertz CT molecular complexity index is 450. The maximum atomic E-state index is 9.10. The van der Waals surface area contributed by atoms with Crippen LogP contribution < -0.4 is 0 Å². The predicted octanol–water partition coefficient (Wildman–Crippen LogP) is 1.58. The van der Waals surface area contributed by atoms with Gasteiger partial charge in [-0.05, 0) is 58.1 Å². The molecule has 0 bridgehead atoms. The van der Waals surface area contributed by atoms with Crippen molar-refractivity contribution in [2.24, 2.45) is 0 Å². The highest BCUT2D eigenvalue weighted by Crippen LogP contribution is 2.32. The fourth-order valence-electron chi connectivity index (χ4n) is 2.00. The molecule has 6 heteroatoms. The van der Waals surface area contributed by atoms with Crippen LogP contribution in [0.4, 0.5) is 0 Å². The zero-order valence-corrected chi connectivity index (χ0v) is 13.8. The Hall–Kier alpha value is -0.915. The van der Waals surface area contributed by atoms with Crippen LogP contribution in [0.3, 0.4) is 0 Å². The van der Waals surface area contributed by atoms with Crippen LogP contribution in [0.5, 0.6) is 0 Å². The second-order valence-corrected chi connectivity index (χ2v) is 6.66. The van der Waals surface area contributed by atoms with Crippen molar-refractivity contribution in [2.75, 3.05) is 0 Å². The van der Waals surface area contributed by atoms with Crippen molar-refractivity contribution in [3.8, 4) is 0 Å². The molecule has 1 aromatic carbocycles. The average molecular weight is 310 g/mol. The van der Waals surface area contributed by atoms with E-state index in [0.717, 1.165) is 24.8 Å². The van der Waals surface area contributed by atoms with Crippen LogP contribution in [0.15, 0.2) is 24.3 Å². The van der Waals surface area contributed by atoms with E-state index in [0.29, 0.717) is 0 Å². The fourth-order valence-corrected chi connectivity index (χ4v) is 2.00. The van der Waals surface area contributed by atoms with Gasteiger partial charge in [-0.15, -0.1) is 0 Å². The summed E-state index contributed by atoms with van der Waals surface area (Å²) in [5.41, 5.74) is 0.330. The summed E-state index contributed by atoms with van der Waals surface area (Å²) < 4.78 is 5.03. The summed E-state index contributed by atoms with van der Waals surface area (Å²) in [5.74, 6) is 0. The van der Waals surface area contributed by atoms with E-state index in [4.69, 9.17) is 24.9 Å². The van der Waals surface area contributed by atoms with E-state index in [1.54, 1.807) is 27.7 Å². The smallest absolute Gasteiger partial charge is 0.402 e. The molecule has 5 nitrogen and oxygen atoms in total. The Morgan fingerprint density at radius 3 is 2.09 bits per heavy atom. The van der Waals surface area contributed by atoms with Crippen LogP contribution in [-0.2, 0) is 11.1 Å². The van der Waals surface area contributed by atoms with Crippen LogP contribution in [0.2, 0.25) is 0 Å². The Labute approximate surface area is 132 Å². The number of aliphatic hydroxyl groups is 2. The number of benzene rings is 1. The van der Waals surface area contributed by atoms with Crippen LogP contribution in [-0.4, -0.2) is 38.8 Å². The van der Waals surface area contributed by atoms with Gasteiger partial charge in [-0.3, -0.25) is 0 Å². The Kier molecular flexibility index (Phi) is 6.58. The monoisotopic (exact) mass is 310 g/mol. The third-order valence-corrected chi connectivity index (χ3v) is 4.10. The standard InChI is InChI=1S/C10H13BO3.C6H14O2/c12-11(13)14-10-7-3-5-8-4-1-2-6-9(8)10;1-5(2,7)6(3,4)8/h1-2,4,6,10,12-13H,3,5,7H2;7-8H,1-4H3. The molecule has 22 heavy (non-hydrogen) atoms. The molecule has 0 heterocycles. The quantitative estimate of drug-likeness (QED) is 0.636. The van der Waals surface area contributed by atoms with E-state index in [1.807, 2.05) is 18.2 Å². The van der Waals surface area contributed by atoms with E-state index in [9.17, 15) is 0 Å². The first-order valence-electron chi connectivity index (χ1n) is 7.56. The highest BCUT2D eigenvalue weighted by molar-refractivity contribution is 6.32. The summed E-state index contributed by atoms with van der Waals surface area (Å²) >= 11 is 0. The summed E-state index contributed by atoms with van der Waals surface area (Å²) in [6, 6.07) is 8.00. The number of aryl methyl sites for hydroxylation is 1. The third-order valence-electron chi connectivity index (χ3n) is 4.10. The average Bonchev–Trinajstić information content (AvgIpc) is 2.37. The maximum Gasteiger partial charge on any atom is 0.634 e. The summed E-state index contributed by atoms with van der Waals surface area (Å²) in [5, 5.41) is 35.7. The summed E-state index contributed by atoms with van der Waals surface area (Å²) in [6.07, 6.45) is 2.78. The lowest BCUT2D eigenvalue weighted by Crippen LogP contribution is -2.44. The molecule has 0 aromatic heterocycles. The Balaban J connectivity index is 0.000000261. The molecule has 1 aliphatic rings. The number of hydrogen-bond donors (Lipinski definition) is 4. The lowest BCUT2D eigenvalue weighted by atomic mass is 9.89. The molecule has 2 rings (SSSR count). The van der Waals surface area contributed by atoms with Crippen molar-refractivity contribution >= 4 is 7.32 Å². The van der Waals surface area contributed by atoms with Gasteiger partial charge in [-0.25, -0.2) is 0 Å². The number of fused-ring (bicyclic) bond motifs is 1. The molecular weight excluding hydrogens is 283 g/mol. The van der Waals surface area contributed by atoms with E-state index in [-0.39, 0.29) is 6.10 Å². The van der Waals surface area contributed by atoms with Gasteiger partial charge < -0.3 is 24.9 Å². The van der Waals surface area contributed by atoms with E-state index in [2.05, 4.69) is 6.07 Å². The normalized spacial score (nSPS) is 18.1. The molecule has 0 saturated carbocycles. The summed E-state index contributed by atoms with van der Waals surface area (Å²) in [6.45, 7) is 6.31. The SMILES string of the molecule is CC(C)(O)C(C)(C)O.OB(O)OC1CCCc2ccccc21. The van der Waals surface area contributed by atoms with Gasteiger partial charge in [0.25, 0.3) is 0 Å². The molecule has 4 N–H and O–H groups in total. The van der Waals surface area contributed by atoms with Gasteiger partial charge in [0.1, 0.15) is 0 Å². The molecule has 1 aromatic rings. The molecule has 0 fully saturated rings. The van der Waals surface area contributed by atoms with Gasteiger partial charge in [0.05, 0.1) is 17.3 Å². The van der Waals surface area contributed by atoms with E-state index in [1.165, 1.54) is 5.56 Å². The molecule has 0 radical (unpaired) electrons. The van der Waals surface area contributed by atoms with Crippen molar-refractivity contribution in [3.63, 3.8) is 0 Å². The van der Waals surface area contributed by atoms with Gasteiger partial charge in [-0.1, -0.05) is 24.3 Å². The van der Waals surface area contributed by atoms with E-state index >= 15 is 0 Å². The van der Waals surface area contributed by atoms with Gasteiger partial charge in [0.2, 0.25) is 0 Å². The zero-order chi connectivity index (χ0) is 17.0. The molecule has 0 spiro atoms. The molecule has 1 unspecified atom stereocenters. The van der Waals surface area contributed by atoms with Gasteiger partial charge in [0.15, 0.2) is 0 Å². The lowest BCUT2D eigenvalue weighted by molar-refractivity contribution is -0.107. The summed E-state index contributed by atoms with van der Waals surface area (Å²) in [4.78, 5) is 0. The van der Waals surface area contributed by atoms with Crippen LogP contribution in [0.25, 0.3) is 0 Å². The minimum absolute atomic E-state index is 0.167. The second-order valence-electron chi connectivity index (χ2n) is 6.66. The first kappa shape index (κ1) is 19.1. The third kappa shape index (κ3) is 5.70. The first-order valence-corrected chi connectivity index (χ1v) is 7.56. The molecule has 1 atom stereocenters. The fraction of sp³-hybridized carbons (Fsp3) is 0.625. The maximum absolute atomic E-state index is 9.10. The summed E-state index contributed by atoms with van der Waals surface area (Å²) in [7, 11) is -1.67. The van der Waals surface area contributed by atoms with Crippen molar-refractivity contribution < 1.29 is 24.9 Å². The Morgan fingerprint density at radius 1 is 1.05 bits per heavy atom. The minimum Gasteiger partial charge on any atom is -0.402 e. The molecule has 1 aliphatic carbocycles. The Morgan fingerprint density at radius 2 is 1.59 bits per heavy atom. The van der Waals surface area contributed by atoms with Gasteiger partial charge >= 0.3 is 7.32 Å². The zero-order valence-electron chi connectivity index (χ0n) is 13.8. The molecular formula is C16H27BO5. The van der Waals surface area contributed by atoms with Crippen molar-refractivity contribution in [1.82, 2.24) is 0 Å². The van der Waals surface area contributed by atoms with Crippen molar-refractivity contribution in [1.29, 1.82) is 0 Å². The van der Waals surface area contributed by atoms with Gasteiger partial charge in [-0.2, -0.15) is 0 Å². The van der Waals surface area contributed by atoms with E-state index < -0.39 is 18.5 Å². The van der Waals surface area contributed by atoms with Gasteiger partial charge in [0, 0.05) is 0 Å². The largest absolute Gasteiger partial charge is 0.634 e. The van der Waals surface area contributed by atoms with Crippen molar-refractivity contribution in [2.45, 2.75) is 64.3 Å². The van der Waals surface area contributed by atoms with Crippen LogP contribution in [0, 0.1) is 0 Å². The molecule has 0 saturated heterocycles. The highest BCUT2D eigenvalue weighted by Gasteiger charge is 2.32. The van der Waals surface area contributed by atoms with Crippen LogP contribution in [0.1, 0.15) is 57.8 Å². The highest BCUT2D eigenvalue weighted by atomic mass is 16.6. The predicted molar refractivity (Wildman–Crippen MR) is 86.0 cm³/mol. The van der Waals surface area contributed by atoms with Crippen molar-refractivity contribution in [3.05, 3.63) is 35.4 Å². The topological polar surface area (TPSA) is 90.2 Å². The first-order chi connectivity index (χ1) is 10.0. The second kappa shape index (κ2) is 7.57. The molecule has 0 aliphatic heterocycles. The molecule has 124 valence electrons. The number of hydrogen-bond acceptors (Lipinski definition) is 5. The lowest BCUT2D eigenvalue weighted by Gasteiger charge is -2.31. The molecule has 0 amide bonds. The number of rotatable bonds is 3. The van der Waals surface area contributed by atoms with Crippen LogP contribution >= 0.6 is 0 Å².